The van der Waals surface area contributed by atoms with E-state index >= 15 is 0 Å². The Hall–Kier alpha value is -2.11. The van der Waals surface area contributed by atoms with E-state index in [0.29, 0.717) is 25.5 Å². The minimum absolute atomic E-state index is 0.0218. The molecule has 1 N–H and O–H groups in total. The van der Waals surface area contributed by atoms with Gasteiger partial charge in [0.2, 0.25) is 5.88 Å². The zero-order valence-corrected chi connectivity index (χ0v) is 11.0. The third-order valence-corrected chi connectivity index (χ3v) is 2.89. The van der Waals surface area contributed by atoms with Crippen LogP contribution in [-0.2, 0) is 0 Å². The Morgan fingerprint density at radius 3 is 3.16 bits per heavy atom. The van der Waals surface area contributed by atoms with E-state index in [4.69, 9.17) is 4.74 Å². The Balaban J connectivity index is 1.83. The highest BCUT2D eigenvalue weighted by Crippen LogP contribution is 2.16. The van der Waals surface area contributed by atoms with Crippen LogP contribution in [0.1, 0.15) is 12.1 Å². The van der Waals surface area contributed by atoms with Crippen molar-refractivity contribution >= 4 is 6.03 Å². The van der Waals surface area contributed by atoms with Crippen molar-refractivity contribution in [2.24, 2.45) is 0 Å². The number of hydrogen-bond donors (Lipinski definition) is 1. The highest BCUT2D eigenvalue weighted by atomic mass is 16.5. The molecular formula is C13H18N4O2. The molecule has 102 valence electrons. The molecule has 0 radical (unpaired) electrons. The molecule has 6 heteroatoms. The van der Waals surface area contributed by atoms with Crippen LogP contribution in [0.4, 0.5) is 4.79 Å². The molecule has 1 unspecified atom stereocenters. The molecule has 0 aliphatic carbocycles. The molecule has 1 fully saturated rings. The first-order valence-corrected chi connectivity index (χ1v) is 6.29. The van der Waals surface area contributed by atoms with E-state index in [9.17, 15) is 4.79 Å². The Kier molecular flexibility index (Phi) is 4.33. The van der Waals surface area contributed by atoms with Gasteiger partial charge in [0.15, 0.2) is 0 Å². The van der Waals surface area contributed by atoms with Gasteiger partial charge < -0.3 is 15.0 Å². The van der Waals surface area contributed by atoms with Crippen LogP contribution in [0.2, 0.25) is 0 Å². The predicted octanol–water partition coefficient (Wildman–Crippen LogP) is 1.13. The molecule has 1 atom stereocenters. The van der Waals surface area contributed by atoms with Crippen molar-refractivity contribution in [2.75, 3.05) is 19.6 Å². The summed E-state index contributed by atoms with van der Waals surface area (Å²) in [7, 11) is 0. The van der Waals surface area contributed by atoms with Crippen molar-refractivity contribution in [2.45, 2.75) is 19.4 Å². The number of rotatable bonds is 4. The summed E-state index contributed by atoms with van der Waals surface area (Å²) in [5.41, 5.74) is 0.851. The number of carbonyl (C=O) groups excluding carboxylic acids is 1. The van der Waals surface area contributed by atoms with Crippen LogP contribution in [-0.4, -0.2) is 46.9 Å². The summed E-state index contributed by atoms with van der Waals surface area (Å²) in [6, 6.07) is 3.57. The minimum Gasteiger partial charge on any atom is -0.471 e. The van der Waals surface area contributed by atoms with Crippen LogP contribution in [0.3, 0.4) is 0 Å². The summed E-state index contributed by atoms with van der Waals surface area (Å²) in [4.78, 5) is 13.5. The van der Waals surface area contributed by atoms with E-state index in [1.165, 1.54) is 0 Å². The lowest BCUT2D eigenvalue weighted by atomic mass is 10.3. The first-order chi connectivity index (χ1) is 9.19. The Morgan fingerprint density at radius 2 is 2.47 bits per heavy atom. The van der Waals surface area contributed by atoms with Crippen molar-refractivity contribution < 1.29 is 9.53 Å². The highest BCUT2D eigenvalue weighted by Gasteiger charge is 2.27. The molecule has 1 aromatic rings. The second kappa shape index (κ2) is 6.17. The molecular weight excluding hydrogens is 244 g/mol. The van der Waals surface area contributed by atoms with Gasteiger partial charge in [-0.15, -0.1) is 11.7 Å². The number of ether oxygens (including phenoxy) is 1. The molecule has 6 nitrogen and oxygen atoms in total. The number of carbonyl (C=O) groups is 1. The third-order valence-electron chi connectivity index (χ3n) is 2.89. The monoisotopic (exact) mass is 262 g/mol. The van der Waals surface area contributed by atoms with Crippen molar-refractivity contribution in [3.05, 3.63) is 30.5 Å². The molecule has 0 aromatic carbocycles. The summed E-state index contributed by atoms with van der Waals surface area (Å²) in [6.07, 6.45) is 2.44. The second-order valence-corrected chi connectivity index (χ2v) is 4.46. The fourth-order valence-corrected chi connectivity index (χ4v) is 1.90. The number of aryl methyl sites for hydroxylation is 1. The SMILES string of the molecule is C=CCNC(=O)N1CCC(Oc2ccc(C)nn2)C1. The Morgan fingerprint density at radius 1 is 1.63 bits per heavy atom. The maximum absolute atomic E-state index is 11.7. The van der Waals surface area contributed by atoms with Crippen molar-refractivity contribution in [1.82, 2.24) is 20.4 Å². The number of nitrogens with one attached hydrogen (secondary N) is 1. The average Bonchev–Trinajstić information content (AvgIpc) is 2.87. The zero-order valence-electron chi connectivity index (χ0n) is 11.0. The fraction of sp³-hybridized carbons (Fsp3) is 0.462. The van der Waals surface area contributed by atoms with E-state index in [-0.39, 0.29) is 12.1 Å². The molecule has 1 aliphatic heterocycles. The van der Waals surface area contributed by atoms with E-state index in [1.54, 1.807) is 17.0 Å². The van der Waals surface area contributed by atoms with Gasteiger partial charge in [-0.2, -0.15) is 5.10 Å². The largest absolute Gasteiger partial charge is 0.471 e. The quantitative estimate of drug-likeness (QED) is 0.826. The lowest BCUT2D eigenvalue weighted by Crippen LogP contribution is -2.39. The molecule has 0 spiro atoms. The first kappa shape index (κ1) is 13.3. The van der Waals surface area contributed by atoms with Gasteiger partial charge in [-0.25, -0.2) is 4.79 Å². The molecule has 0 saturated carbocycles. The number of hydrogen-bond acceptors (Lipinski definition) is 4. The van der Waals surface area contributed by atoms with Crippen LogP contribution in [0.15, 0.2) is 24.8 Å². The second-order valence-electron chi connectivity index (χ2n) is 4.46. The summed E-state index contributed by atoms with van der Waals surface area (Å²) in [5.74, 6) is 0.504. The van der Waals surface area contributed by atoms with E-state index in [1.807, 2.05) is 13.0 Å². The summed E-state index contributed by atoms with van der Waals surface area (Å²) in [5, 5.41) is 10.6. The Bertz CT molecular complexity index is 446. The van der Waals surface area contributed by atoms with Crippen molar-refractivity contribution in [3.8, 4) is 5.88 Å². The van der Waals surface area contributed by atoms with Crippen LogP contribution in [0.5, 0.6) is 5.88 Å². The summed E-state index contributed by atoms with van der Waals surface area (Å²) in [6.45, 7) is 7.17. The van der Waals surface area contributed by atoms with Crippen molar-refractivity contribution in [3.63, 3.8) is 0 Å². The van der Waals surface area contributed by atoms with Gasteiger partial charge in [0.25, 0.3) is 0 Å². The maximum atomic E-state index is 11.7. The van der Waals surface area contributed by atoms with E-state index in [2.05, 4.69) is 22.1 Å². The van der Waals surface area contributed by atoms with Crippen LogP contribution in [0, 0.1) is 6.92 Å². The number of amides is 2. The van der Waals surface area contributed by atoms with Gasteiger partial charge in [0.05, 0.1) is 12.2 Å². The van der Waals surface area contributed by atoms with Crippen molar-refractivity contribution in [1.29, 1.82) is 0 Å². The molecule has 1 aromatic heterocycles. The zero-order chi connectivity index (χ0) is 13.7. The molecule has 2 amide bonds. The van der Waals surface area contributed by atoms with Gasteiger partial charge in [-0.3, -0.25) is 0 Å². The standard InChI is InChI=1S/C13H18N4O2/c1-3-7-14-13(18)17-8-6-11(9-17)19-12-5-4-10(2)15-16-12/h3-5,11H,1,6-9H2,2H3,(H,14,18). The van der Waals surface area contributed by atoms with Crippen LogP contribution >= 0.6 is 0 Å². The number of likely N-dealkylation sites (tertiary alicyclic amines) is 1. The fourth-order valence-electron chi connectivity index (χ4n) is 1.90. The van der Waals surface area contributed by atoms with Gasteiger partial charge in [0, 0.05) is 25.6 Å². The van der Waals surface area contributed by atoms with E-state index in [0.717, 1.165) is 12.1 Å². The number of aromatic nitrogens is 2. The molecule has 2 rings (SSSR count). The minimum atomic E-state index is -0.0824. The van der Waals surface area contributed by atoms with Crippen LogP contribution in [0.25, 0.3) is 0 Å². The third kappa shape index (κ3) is 3.67. The van der Waals surface area contributed by atoms with Gasteiger partial charge in [-0.1, -0.05) is 6.08 Å². The summed E-state index contributed by atoms with van der Waals surface area (Å²) >= 11 is 0. The number of urea groups is 1. The maximum Gasteiger partial charge on any atom is 0.317 e. The number of nitrogens with zero attached hydrogens (tertiary/aromatic N) is 3. The molecule has 1 aliphatic rings. The molecule has 0 bridgehead atoms. The normalized spacial score (nSPS) is 18.2. The lowest BCUT2D eigenvalue weighted by molar-refractivity contribution is 0.182. The smallest absolute Gasteiger partial charge is 0.317 e. The highest BCUT2D eigenvalue weighted by molar-refractivity contribution is 5.74. The van der Waals surface area contributed by atoms with Gasteiger partial charge >= 0.3 is 6.03 Å². The average molecular weight is 262 g/mol. The topological polar surface area (TPSA) is 67.4 Å². The van der Waals surface area contributed by atoms with Gasteiger partial charge in [-0.05, 0) is 13.0 Å². The van der Waals surface area contributed by atoms with Gasteiger partial charge in [0.1, 0.15) is 6.10 Å². The molecule has 19 heavy (non-hydrogen) atoms. The van der Waals surface area contributed by atoms with E-state index < -0.39 is 0 Å². The molecule has 1 saturated heterocycles. The summed E-state index contributed by atoms with van der Waals surface area (Å²) < 4.78 is 5.70. The lowest BCUT2D eigenvalue weighted by Gasteiger charge is -2.17. The first-order valence-electron chi connectivity index (χ1n) is 6.29. The Labute approximate surface area is 112 Å². The van der Waals surface area contributed by atoms with Crippen LogP contribution < -0.4 is 10.1 Å². The predicted molar refractivity (Wildman–Crippen MR) is 71.0 cm³/mol. The molecule has 2 heterocycles.